The summed E-state index contributed by atoms with van der Waals surface area (Å²) in [6.45, 7) is 1.55. The topological polar surface area (TPSA) is 80.4 Å². The van der Waals surface area contributed by atoms with Gasteiger partial charge in [-0.2, -0.15) is 0 Å². The second-order valence-electron chi connectivity index (χ2n) is 2.15. The Kier molecular flexibility index (Phi) is 3.83. The van der Waals surface area contributed by atoms with Crippen LogP contribution in [0.4, 0.5) is 0 Å². The van der Waals surface area contributed by atoms with Crippen molar-refractivity contribution in [3.05, 3.63) is 0 Å². The molecule has 0 fully saturated rings. The number of aldehydes is 1. The smallest absolute Gasteiger partial charge is 0.179 e. The van der Waals surface area contributed by atoms with E-state index in [1.54, 1.807) is 6.92 Å². The van der Waals surface area contributed by atoms with Crippen LogP contribution in [0, 0.1) is 5.92 Å². The fourth-order valence-corrected chi connectivity index (χ4v) is 0.552. The third kappa shape index (κ3) is 2.70. The highest BCUT2D eigenvalue weighted by atomic mass is 16.3. The highest BCUT2D eigenvalue weighted by Gasteiger charge is 2.17. The van der Waals surface area contributed by atoms with Gasteiger partial charge in [-0.1, -0.05) is 6.92 Å². The Morgan fingerprint density at radius 1 is 1.80 bits per heavy atom. The minimum absolute atomic E-state index is 0.118. The quantitative estimate of drug-likeness (QED) is 0.395. The van der Waals surface area contributed by atoms with Crippen LogP contribution in [0.5, 0.6) is 0 Å². The third-order valence-electron chi connectivity index (χ3n) is 1.23. The largest absolute Gasteiger partial charge is 0.371 e. The van der Waals surface area contributed by atoms with Crippen LogP contribution in [0.15, 0.2) is 0 Å². The molecule has 3 N–H and O–H groups in total. The van der Waals surface area contributed by atoms with Gasteiger partial charge >= 0.3 is 0 Å². The molecule has 0 amide bonds. The van der Waals surface area contributed by atoms with E-state index in [0.717, 1.165) is 0 Å². The van der Waals surface area contributed by atoms with Gasteiger partial charge in [0.25, 0.3) is 0 Å². The van der Waals surface area contributed by atoms with Crippen molar-refractivity contribution >= 4 is 12.1 Å². The maximum atomic E-state index is 10.7. The van der Waals surface area contributed by atoms with Gasteiger partial charge in [-0.25, -0.2) is 0 Å². The van der Waals surface area contributed by atoms with E-state index in [0.29, 0.717) is 6.29 Å². The van der Waals surface area contributed by atoms with Crippen LogP contribution in [0.1, 0.15) is 13.3 Å². The van der Waals surface area contributed by atoms with Crippen molar-refractivity contribution in [2.75, 3.05) is 0 Å². The molecule has 58 valence electrons. The fourth-order valence-electron chi connectivity index (χ4n) is 0.552. The van der Waals surface area contributed by atoms with E-state index in [9.17, 15) is 9.59 Å². The Balaban J connectivity index is 3.81. The summed E-state index contributed by atoms with van der Waals surface area (Å²) in [6, 6.07) is 0. The zero-order valence-corrected chi connectivity index (χ0v) is 5.78. The molecule has 0 saturated heterocycles. The van der Waals surface area contributed by atoms with E-state index >= 15 is 0 Å². The van der Waals surface area contributed by atoms with Gasteiger partial charge in [-0.3, -0.25) is 10.5 Å². The summed E-state index contributed by atoms with van der Waals surface area (Å²) < 4.78 is 0. The maximum absolute atomic E-state index is 10.7. The van der Waals surface area contributed by atoms with E-state index in [1.807, 2.05) is 0 Å². The summed E-state index contributed by atoms with van der Waals surface area (Å²) in [4.78, 5) is 20.6. The predicted octanol–water partition coefficient (Wildman–Crippen LogP) is -0.942. The van der Waals surface area contributed by atoms with E-state index in [1.165, 1.54) is 0 Å². The van der Waals surface area contributed by atoms with Gasteiger partial charge in [-0.05, 0) is 0 Å². The van der Waals surface area contributed by atoms with Gasteiger partial charge in [-0.15, -0.1) is 0 Å². The molecule has 0 aromatic heterocycles. The van der Waals surface area contributed by atoms with Gasteiger partial charge in [0.15, 0.2) is 12.0 Å². The molecule has 2 atom stereocenters. The van der Waals surface area contributed by atoms with Gasteiger partial charge < -0.3 is 9.90 Å². The number of aliphatic hydroxyl groups is 1. The molecule has 0 bridgehead atoms. The Morgan fingerprint density at radius 3 is 2.60 bits per heavy atom. The summed E-state index contributed by atoms with van der Waals surface area (Å²) in [5.41, 5.74) is 4.86. The molecule has 0 spiro atoms. The molecule has 4 heteroatoms. The normalized spacial score (nSPS) is 15.9. The molecule has 0 radical (unpaired) electrons. The van der Waals surface area contributed by atoms with Crippen molar-refractivity contribution in [3.8, 4) is 0 Å². The van der Waals surface area contributed by atoms with E-state index in [4.69, 9.17) is 10.8 Å². The molecule has 0 aromatic carbocycles. The van der Waals surface area contributed by atoms with Crippen LogP contribution in [-0.2, 0) is 9.59 Å². The number of nitrogens with two attached hydrogens (primary N) is 1. The minimum Gasteiger partial charge on any atom is -0.371 e. The zero-order valence-electron chi connectivity index (χ0n) is 5.78. The lowest BCUT2D eigenvalue weighted by atomic mass is 10.0. The number of ketones is 1. The average Bonchev–Trinajstić information content (AvgIpc) is 1.87. The van der Waals surface area contributed by atoms with Crippen LogP contribution in [0.25, 0.3) is 0 Å². The van der Waals surface area contributed by atoms with Crippen molar-refractivity contribution in [2.45, 2.75) is 19.6 Å². The fraction of sp³-hybridized carbons (Fsp3) is 0.667. The minimum atomic E-state index is -1.45. The monoisotopic (exact) mass is 145 g/mol. The summed E-state index contributed by atoms with van der Waals surface area (Å²) in [7, 11) is 0. The van der Waals surface area contributed by atoms with Gasteiger partial charge in [0.05, 0.1) is 0 Å². The van der Waals surface area contributed by atoms with Crippen molar-refractivity contribution in [1.82, 2.24) is 0 Å². The van der Waals surface area contributed by atoms with Gasteiger partial charge in [0.1, 0.15) is 6.29 Å². The molecule has 4 nitrogen and oxygen atoms in total. The molecule has 0 saturated carbocycles. The lowest BCUT2D eigenvalue weighted by molar-refractivity contribution is -0.131. The van der Waals surface area contributed by atoms with Crippen LogP contribution < -0.4 is 5.73 Å². The molecule has 0 aromatic rings. The number of rotatable bonds is 4. The molecule has 0 heterocycles. The van der Waals surface area contributed by atoms with Crippen LogP contribution >= 0.6 is 0 Å². The number of hydrogen-bond acceptors (Lipinski definition) is 4. The molecule has 0 aliphatic rings. The number of Topliss-reactive ketones (excluding diaryl/α,β-unsaturated/α-hetero) is 1. The maximum Gasteiger partial charge on any atom is 0.179 e. The standard InChI is InChI=1S/C6H11NO3/c1-4(2-3-8)5(9)6(7)10/h3-4,6,10H,2,7H2,1H3. The highest BCUT2D eigenvalue weighted by molar-refractivity contribution is 5.85. The van der Waals surface area contributed by atoms with E-state index < -0.39 is 17.9 Å². The molecule has 2 unspecified atom stereocenters. The molecular formula is C6H11NO3. The first-order valence-electron chi connectivity index (χ1n) is 3.00. The summed E-state index contributed by atoms with van der Waals surface area (Å²) in [5, 5.41) is 8.53. The first-order valence-corrected chi connectivity index (χ1v) is 3.00. The van der Waals surface area contributed by atoms with E-state index in [-0.39, 0.29) is 6.42 Å². The first kappa shape index (κ1) is 9.26. The summed E-state index contributed by atoms with van der Waals surface area (Å²) in [5.74, 6) is -0.968. The number of carbonyl (C=O) groups is 2. The predicted molar refractivity (Wildman–Crippen MR) is 35.0 cm³/mol. The van der Waals surface area contributed by atoms with Crippen LogP contribution in [0.3, 0.4) is 0 Å². The average molecular weight is 145 g/mol. The number of carbonyl (C=O) groups excluding carboxylic acids is 2. The first-order chi connectivity index (χ1) is 4.59. The number of aliphatic hydroxyl groups excluding tert-OH is 1. The lowest BCUT2D eigenvalue weighted by Crippen LogP contribution is -2.34. The second-order valence-corrected chi connectivity index (χ2v) is 2.15. The van der Waals surface area contributed by atoms with Crippen molar-refractivity contribution in [1.29, 1.82) is 0 Å². The Hall–Kier alpha value is -0.740. The summed E-state index contributed by atoms with van der Waals surface area (Å²) in [6.07, 6.45) is -0.701. The summed E-state index contributed by atoms with van der Waals surface area (Å²) >= 11 is 0. The Labute approximate surface area is 59.0 Å². The van der Waals surface area contributed by atoms with Crippen LogP contribution in [0.2, 0.25) is 0 Å². The molecule has 0 rings (SSSR count). The third-order valence-corrected chi connectivity index (χ3v) is 1.23. The van der Waals surface area contributed by atoms with Gasteiger partial charge in [0, 0.05) is 12.3 Å². The second kappa shape index (κ2) is 4.14. The molecular weight excluding hydrogens is 134 g/mol. The Bertz CT molecular complexity index is 133. The molecule has 0 aliphatic carbocycles. The van der Waals surface area contributed by atoms with E-state index in [2.05, 4.69) is 0 Å². The molecule has 10 heavy (non-hydrogen) atoms. The van der Waals surface area contributed by atoms with Crippen molar-refractivity contribution < 1.29 is 14.7 Å². The van der Waals surface area contributed by atoms with Crippen molar-refractivity contribution in [3.63, 3.8) is 0 Å². The van der Waals surface area contributed by atoms with Gasteiger partial charge in [0.2, 0.25) is 0 Å². The highest BCUT2D eigenvalue weighted by Crippen LogP contribution is 2.01. The number of hydrogen-bond donors (Lipinski definition) is 2. The lowest BCUT2D eigenvalue weighted by Gasteiger charge is -2.07. The van der Waals surface area contributed by atoms with Crippen molar-refractivity contribution in [2.24, 2.45) is 11.7 Å². The zero-order chi connectivity index (χ0) is 8.15. The van der Waals surface area contributed by atoms with Crippen LogP contribution in [-0.4, -0.2) is 23.4 Å². The molecule has 0 aliphatic heterocycles. The Morgan fingerprint density at radius 2 is 2.30 bits per heavy atom. The SMILES string of the molecule is CC(CC=O)C(=O)C(N)O.